The van der Waals surface area contributed by atoms with E-state index < -0.39 is 24.0 Å². The van der Waals surface area contributed by atoms with Gasteiger partial charge in [0.2, 0.25) is 0 Å². The van der Waals surface area contributed by atoms with Gasteiger partial charge in [-0.3, -0.25) is 4.79 Å². The zero-order valence-electron chi connectivity index (χ0n) is 13.3. The highest BCUT2D eigenvalue weighted by Crippen LogP contribution is 2.16. The fourth-order valence-electron chi connectivity index (χ4n) is 2.27. The highest BCUT2D eigenvalue weighted by Gasteiger charge is 2.21. The Kier molecular flexibility index (Phi) is 6.11. The van der Waals surface area contributed by atoms with Crippen LogP contribution in [0.5, 0.6) is 0 Å². The molecule has 25 heavy (non-hydrogen) atoms. The predicted octanol–water partition coefficient (Wildman–Crippen LogP) is 1.77. The number of carboxylic acids is 1. The molecule has 0 bridgehead atoms. The molecule has 0 aliphatic carbocycles. The molecule has 2 aromatic rings. The molecule has 2 amide bonds. The van der Waals surface area contributed by atoms with Crippen LogP contribution < -0.4 is 11.1 Å². The summed E-state index contributed by atoms with van der Waals surface area (Å²) < 4.78 is 5.20. The average Bonchev–Trinajstić information content (AvgIpc) is 2.58. The molecule has 2 aromatic carbocycles. The summed E-state index contributed by atoms with van der Waals surface area (Å²) in [7, 11) is 0. The number of amides is 2. The molecule has 0 radical (unpaired) electrons. The highest BCUT2D eigenvalue weighted by atomic mass is 16.5. The number of hydrogen-bond donors (Lipinski definition) is 3. The first kappa shape index (κ1) is 18.0. The minimum atomic E-state index is -1.28. The zero-order chi connectivity index (χ0) is 18.2. The Hall–Kier alpha value is -3.35. The van der Waals surface area contributed by atoms with E-state index in [1.165, 1.54) is 12.1 Å². The molecule has 7 heteroatoms. The monoisotopic (exact) mass is 342 g/mol. The van der Waals surface area contributed by atoms with Crippen molar-refractivity contribution < 1.29 is 24.2 Å². The van der Waals surface area contributed by atoms with Crippen LogP contribution in [0.2, 0.25) is 0 Å². The number of esters is 1. The van der Waals surface area contributed by atoms with E-state index in [0.29, 0.717) is 11.1 Å². The molecule has 0 aliphatic rings. The van der Waals surface area contributed by atoms with Crippen molar-refractivity contribution in [2.45, 2.75) is 19.1 Å². The van der Waals surface area contributed by atoms with Crippen LogP contribution in [0.4, 0.5) is 4.79 Å². The molecule has 1 unspecified atom stereocenters. The lowest BCUT2D eigenvalue weighted by Crippen LogP contribution is -2.37. The Morgan fingerprint density at radius 3 is 2.36 bits per heavy atom. The van der Waals surface area contributed by atoms with Crippen molar-refractivity contribution in [1.29, 1.82) is 0 Å². The maximum absolute atomic E-state index is 12.0. The lowest BCUT2D eigenvalue weighted by Gasteiger charge is -2.14. The summed E-state index contributed by atoms with van der Waals surface area (Å²) in [5.41, 5.74) is 6.77. The van der Waals surface area contributed by atoms with Crippen molar-refractivity contribution in [1.82, 2.24) is 5.32 Å². The van der Waals surface area contributed by atoms with Gasteiger partial charge in [0, 0.05) is 0 Å². The minimum absolute atomic E-state index is 0.0103. The van der Waals surface area contributed by atoms with Crippen LogP contribution in [0, 0.1) is 0 Å². The number of aliphatic carboxylic acids is 1. The van der Waals surface area contributed by atoms with Crippen molar-refractivity contribution in [2.24, 2.45) is 5.73 Å². The van der Waals surface area contributed by atoms with Gasteiger partial charge in [-0.1, -0.05) is 54.6 Å². The lowest BCUT2D eigenvalue weighted by atomic mass is 10.0. The van der Waals surface area contributed by atoms with Crippen LogP contribution in [-0.4, -0.2) is 23.1 Å². The van der Waals surface area contributed by atoms with Gasteiger partial charge in [-0.05, 0) is 16.7 Å². The summed E-state index contributed by atoms with van der Waals surface area (Å²) in [6, 6.07) is 13.4. The zero-order valence-corrected chi connectivity index (χ0v) is 13.3. The molecule has 2 rings (SSSR count). The number of nitrogens with two attached hydrogens (primary N) is 1. The van der Waals surface area contributed by atoms with E-state index in [2.05, 4.69) is 5.32 Å². The smallest absolute Gasteiger partial charge is 0.330 e. The van der Waals surface area contributed by atoms with E-state index in [1.54, 1.807) is 12.1 Å². The summed E-state index contributed by atoms with van der Waals surface area (Å²) >= 11 is 0. The van der Waals surface area contributed by atoms with E-state index >= 15 is 0 Å². The first-order chi connectivity index (χ1) is 12.0. The van der Waals surface area contributed by atoms with Gasteiger partial charge in [0.1, 0.15) is 6.61 Å². The Balaban J connectivity index is 2.01. The summed E-state index contributed by atoms with van der Waals surface area (Å²) in [6.45, 7) is 0.167. The topological polar surface area (TPSA) is 119 Å². The maximum Gasteiger partial charge on any atom is 0.330 e. The highest BCUT2D eigenvalue weighted by molar-refractivity contribution is 5.83. The number of urea groups is 1. The van der Waals surface area contributed by atoms with Gasteiger partial charge in [-0.2, -0.15) is 0 Å². The number of ether oxygens (including phenoxy) is 1. The van der Waals surface area contributed by atoms with Crippen LogP contribution in [0.15, 0.2) is 54.6 Å². The normalized spacial score (nSPS) is 11.4. The SMILES string of the molecule is NC(=O)NC(C(=O)O)c1cccc(CC(=O)OCc2ccccc2)c1. The van der Waals surface area contributed by atoms with Crippen LogP contribution in [0.25, 0.3) is 0 Å². The molecular formula is C18H18N2O5. The predicted molar refractivity (Wildman–Crippen MR) is 89.5 cm³/mol. The Labute approximate surface area is 144 Å². The molecule has 0 aromatic heterocycles. The van der Waals surface area contributed by atoms with Crippen molar-refractivity contribution in [3.63, 3.8) is 0 Å². The Morgan fingerprint density at radius 2 is 1.72 bits per heavy atom. The van der Waals surface area contributed by atoms with Crippen molar-refractivity contribution in [2.75, 3.05) is 0 Å². The number of benzene rings is 2. The molecule has 130 valence electrons. The fourth-order valence-corrected chi connectivity index (χ4v) is 2.27. The molecule has 4 N–H and O–H groups in total. The molecular weight excluding hydrogens is 324 g/mol. The number of hydrogen-bond acceptors (Lipinski definition) is 4. The number of carbonyl (C=O) groups excluding carboxylic acids is 2. The average molecular weight is 342 g/mol. The van der Waals surface area contributed by atoms with Gasteiger partial charge < -0.3 is 20.9 Å². The standard InChI is InChI=1S/C18H18N2O5/c19-18(24)20-16(17(22)23)14-8-4-7-13(9-14)10-15(21)25-11-12-5-2-1-3-6-12/h1-9,16H,10-11H2,(H,22,23)(H3,19,20,24). The second-order valence-corrected chi connectivity index (χ2v) is 5.35. The molecule has 0 saturated carbocycles. The quantitative estimate of drug-likeness (QED) is 0.663. The lowest BCUT2D eigenvalue weighted by molar-refractivity contribution is -0.144. The molecule has 0 heterocycles. The van der Waals surface area contributed by atoms with Gasteiger partial charge in [-0.25, -0.2) is 9.59 Å². The summed E-state index contributed by atoms with van der Waals surface area (Å²) in [5, 5.41) is 11.3. The third kappa shape index (κ3) is 5.65. The van der Waals surface area contributed by atoms with Gasteiger partial charge >= 0.3 is 18.0 Å². The van der Waals surface area contributed by atoms with Crippen LogP contribution in [0.3, 0.4) is 0 Å². The Bertz CT molecular complexity index is 761. The number of carbonyl (C=O) groups is 3. The fraction of sp³-hybridized carbons (Fsp3) is 0.167. The van der Waals surface area contributed by atoms with Gasteiger partial charge in [-0.15, -0.1) is 0 Å². The number of nitrogens with one attached hydrogen (secondary N) is 1. The van der Waals surface area contributed by atoms with Crippen molar-refractivity contribution >= 4 is 18.0 Å². The van der Waals surface area contributed by atoms with E-state index in [0.717, 1.165) is 5.56 Å². The first-order valence-corrected chi connectivity index (χ1v) is 7.53. The molecule has 1 atom stereocenters. The van der Waals surface area contributed by atoms with Gasteiger partial charge in [0.25, 0.3) is 0 Å². The maximum atomic E-state index is 12.0. The third-order valence-electron chi connectivity index (χ3n) is 3.41. The molecule has 0 spiro atoms. The minimum Gasteiger partial charge on any atom is -0.479 e. The second kappa shape index (κ2) is 8.49. The summed E-state index contributed by atoms with van der Waals surface area (Å²) in [5.74, 6) is -1.68. The van der Waals surface area contributed by atoms with Crippen molar-refractivity contribution in [3.8, 4) is 0 Å². The van der Waals surface area contributed by atoms with Gasteiger partial charge in [0.05, 0.1) is 6.42 Å². The summed E-state index contributed by atoms with van der Waals surface area (Å²) in [6.07, 6.45) is -0.0103. The first-order valence-electron chi connectivity index (χ1n) is 7.53. The molecule has 0 saturated heterocycles. The number of rotatable bonds is 7. The van der Waals surface area contributed by atoms with E-state index in [9.17, 15) is 19.5 Å². The van der Waals surface area contributed by atoms with E-state index in [-0.39, 0.29) is 13.0 Å². The van der Waals surface area contributed by atoms with Crippen LogP contribution >= 0.6 is 0 Å². The van der Waals surface area contributed by atoms with E-state index in [1.807, 2.05) is 30.3 Å². The van der Waals surface area contributed by atoms with Crippen LogP contribution in [-0.2, 0) is 27.4 Å². The largest absolute Gasteiger partial charge is 0.479 e. The number of carboxylic acid groups (broad SMARTS) is 1. The Morgan fingerprint density at radius 1 is 1.04 bits per heavy atom. The second-order valence-electron chi connectivity index (χ2n) is 5.35. The molecule has 7 nitrogen and oxygen atoms in total. The molecule has 0 aliphatic heterocycles. The third-order valence-corrected chi connectivity index (χ3v) is 3.41. The van der Waals surface area contributed by atoms with Gasteiger partial charge in [0.15, 0.2) is 6.04 Å². The number of primary amides is 1. The summed E-state index contributed by atoms with van der Waals surface area (Å²) in [4.78, 5) is 34.2. The molecule has 0 fully saturated rings. The van der Waals surface area contributed by atoms with E-state index in [4.69, 9.17) is 10.5 Å². The van der Waals surface area contributed by atoms with Crippen LogP contribution in [0.1, 0.15) is 22.7 Å². The van der Waals surface area contributed by atoms with Crippen molar-refractivity contribution in [3.05, 3.63) is 71.3 Å².